The van der Waals surface area contributed by atoms with Crippen LogP contribution in [0.5, 0.6) is 0 Å². The number of allylic oxidation sites excluding steroid dienone is 6. The summed E-state index contributed by atoms with van der Waals surface area (Å²) in [6.45, 7) is 14.3. The molecule has 7 rings (SSSR count). The maximum Gasteiger partial charge on any atom is 0.338 e. The monoisotopic (exact) mass is 810 g/mol. The molecular formula is C44H58O14. The van der Waals surface area contributed by atoms with Gasteiger partial charge in [-0.25, -0.2) is 19.2 Å². The van der Waals surface area contributed by atoms with Crippen LogP contribution in [0.4, 0.5) is 0 Å². The van der Waals surface area contributed by atoms with Crippen molar-refractivity contribution in [1.29, 1.82) is 0 Å². The molecule has 10 atom stereocenters. The molecule has 14 nitrogen and oxygen atoms in total. The third kappa shape index (κ3) is 15.7. The molecule has 0 aromatic rings. The standard InChI is InChI=1S/C12H18O2.C10H14O4.C10H14O3.C8H10O2.C4H2O3/c1-12(2,3)14-11(13)10-7-8-4-5-9(10)6-8;1-4-9(11)13-7-6-8(3)14-10(12)5-2;11-3-4-13-10(12)9-6-7-1-2-8(9)5-7;9-8(10)7-4-5-1-2-6(7)3-5;5-3-1-2-4(6)7-3/h4-5,8-10H,6-7H2,1-3H3;4-5,8H,1-2,6-7H2,3H3;1-2,7-9,11H,3-6H2;1-2,5-7H,3-4H2,(H,9,10);1-2H. The summed E-state index contributed by atoms with van der Waals surface area (Å²) in [5, 5.41) is 17.2. The van der Waals surface area contributed by atoms with Crippen molar-refractivity contribution < 1.29 is 67.5 Å². The number of hydrogen-bond acceptors (Lipinski definition) is 13. The molecule has 3 fully saturated rings. The number of aliphatic carboxylic acids is 1. The molecule has 1 aliphatic heterocycles. The number of ether oxygens (including phenoxy) is 5. The number of cyclic esters (lactones) is 2. The molecule has 0 spiro atoms. The van der Waals surface area contributed by atoms with Gasteiger partial charge in [0.1, 0.15) is 18.3 Å². The lowest BCUT2D eigenvalue weighted by Gasteiger charge is -2.24. The lowest BCUT2D eigenvalue weighted by atomic mass is 9.93. The van der Waals surface area contributed by atoms with Gasteiger partial charge in [0.2, 0.25) is 0 Å². The Kier molecular flexibility index (Phi) is 18.5. The molecule has 6 bridgehead atoms. The molecule has 10 unspecified atom stereocenters. The summed E-state index contributed by atoms with van der Waals surface area (Å²) in [5.41, 5.74) is -0.345. The van der Waals surface area contributed by atoms with Crippen LogP contribution >= 0.6 is 0 Å². The highest BCUT2D eigenvalue weighted by molar-refractivity contribution is 6.04. The number of carbonyl (C=O) groups is 7. The molecule has 7 aliphatic rings. The van der Waals surface area contributed by atoms with Crippen LogP contribution in [0.15, 0.2) is 73.9 Å². The zero-order valence-electron chi connectivity index (χ0n) is 33.8. The Bertz CT molecular complexity index is 1610. The van der Waals surface area contributed by atoms with Gasteiger partial charge in [0.05, 0.1) is 31.0 Å². The second-order valence-electron chi connectivity index (χ2n) is 16.1. The third-order valence-corrected chi connectivity index (χ3v) is 10.5. The van der Waals surface area contributed by atoms with Gasteiger partial charge in [-0.15, -0.1) is 0 Å². The topological polar surface area (TPSA) is 206 Å². The van der Waals surface area contributed by atoms with Crippen LogP contribution in [-0.4, -0.2) is 83.5 Å². The number of esters is 6. The summed E-state index contributed by atoms with van der Waals surface area (Å²) in [6, 6.07) is 0. The van der Waals surface area contributed by atoms with Gasteiger partial charge in [-0.3, -0.25) is 14.4 Å². The van der Waals surface area contributed by atoms with E-state index in [4.69, 9.17) is 29.2 Å². The molecule has 6 aliphatic carbocycles. The number of carboxylic acid groups (broad SMARTS) is 1. The van der Waals surface area contributed by atoms with Gasteiger partial charge in [0.15, 0.2) is 0 Å². The fourth-order valence-electron chi connectivity index (χ4n) is 7.79. The van der Waals surface area contributed by atoms with Crippen LogP contribution in [0.2, 0.25) is 0 Å². The average molecular weight is 811 g/mol. The maximum absolute atomic E-state index is 11.8. The van der Waals surface area contributed by atoms with E-state index in [-0.39, 0.29) is 61.2 Å². The number of rotatable bonds is 11. The average Bonchev–Trinajstić information content (AvgIpc) is 4.05. The fraction of sp³-hybridized carbons (Fsp3) is 0.568. The Balaban J connectivity index is 0.000000197. The molecule has 1 heterocycles. The zero-order chi connectivity index (χ0) is 43.0. The number of fused-ring (bicyclic) bond motifs is 6. The molecule has 14 heteroatoms. The summed E-state index contributed by atoms with van der Waals surface area (Å²) in [6.07, 6.45) is 23.6. The largest absolute Gasteiger partial charge is 0.481 e. The van der Waals surface area contributed by atoms with Crippen LogP contribution in [0.3, 0.4) is 0 Å². The molecule has 0 saturated heterocycles. The van der Waals surface area contributed by atoms with Gasteiger partial charge in [-0.05, 0) is 102 Å². The van der Waals surface area contributed by atoms with E-state index in [0.29, 0.717) is 41.9 Å². The van der Waals surface area contributed by atoms with Gasteiger partial charge >= 0.3 is 41.8 Å². The molecule has 0 aromatic heterocycles. The van der Waals surface area contributed by atoms with Gasteiger partial charge in [-0.2, -0.15) is 0 Å². The third-order valence-electron chi connectivity index (χ3n) is 10.5. The summed E-state index contributed by atoms with van der Waals surface area (Å²) in [5.74, 6) is 0.251. The van der Waals surface area contributed by atoms with Crippen LogP contribution < -0.4 is 0 Å². The van der Waals surface area contributed by atoms with Gasteiger partial charge in [0.25, 0.3) is 0 Å². The normalized spacial score (nSPS) is 28.5. The number of hydrogen-bond donors (Lipinski definition) is 2. The lowest BCUT2D eigenvalue weighted by Crippen LogP contribution is -2.30. The summed E-state index contributed by atoms with van der Waals surface area (Å²) in [4.78, 5) is 74.9. The Morgan fingerprint density at radius 3 is 1.52 bits per heavy atom. The summed E-state index contributed by atoms with van der Waals surface area (Å²) in [7, 11) is 0. The molecule has 2 N–H and O–H groups in total. The molecule has 58 heavy (non-hydrogen) atoms. The van der Waals surface area contributed by atoms with Crippen LogP contribution in [0, 0.1) is 53.3 Å². The highest BCUT2D eigenvalue weighted by atomic mass is 16.6. The first kappa shape index (κ1) is 47.3. The zero-order valence-corrected chi connectivity index (χ0v) is 33.8. The van der Waals surface area contributed by atoms with Crippen molar-refractivity contribution >= 4 is 41.8 Å². The first-order chi connectivity index (χ1) is 27.4. The second-order valence-corrected chi connectivity index (χ2v) is 16.1. The van der Waals surface area contributed by atoms with Crippen LogP contribution in [0.1, 0.15) is 72.6 Å². The van der Waals surface area contributed by atoms with E-state index in [0.717, 1.165) is 62.8 Å². The second kappa shape index (κ2) is 22.7. The molecule has 0 amide bonds. The Labute approximate surface area is 340 Å². The predicted molar refractivity (Wildman–Crippen MR) is 210 cm³/mol. The number of carboxylic acids is 1. The van der Waals surface area contributed by atoms with E-state index in [1.54, 1.807) is 6.92 Å². The summed E-state index contributed by atoms with van der Waals surface area (Å²) >= 11 is 0. The van der Waals surface area contributed by atoms with Crippen molar-refractivity contribution in [2.45, 2.75) is 84.3 Å². The Morgan fingerprint density at radius 2 is 1.19 bits per heavy atom. The molecule has 0 radical (unpaired) electrons. The fourth-order valence-corrected chi connectivity index (χ4v) is 7.79. The molecule has 0 aromatic carbocycles. The molecule has 318 valence electrons. The van der Waals surface area contributed by atoms with Gasteiger partial charge in [0, 0.05) is 30.7 Å². The predicted octanol–water partition coefficient (Wildman–Crippen LogP) is 5.41. The first-order valence-electron chi connectivity index (χ1n) is 19.8. The van der Waals surface area contributed by atoms with Crippen molar-refractivity contribution in [3.05, 3.63) is 73.9 Å². The van der Waals surface area contributed by atoms with Gasteiger partial charge < -0.3 is 33.9 Å². The van der Waals surface area contributed by atoms with Crippen molar-refractivity contribution in [1.82, 2.24) is 0 Å². The van der Waals surface area contributed by atoms with E-state index >= 15 is 0 Å². The lowest BCUT2D eigenvalue weighted by molar-refractivity contribution is -0.161. The highest BCUT2D eigenvalue weighted by Crippen LogP contribution is 2.45. The quantitative estimate of drug-likeness (QED) is 0.0881. The molecule has 3 saturated carbocycles. The van der Waals surface area contributed by atoms with Crippen molar-refractivity contribution in [2.24, 2.45) is 53.3 Å². The van der Waals surface area contributed by atoms with Crippen molar-refractivity contribution in [3.8, 4) is 0 Å². The van der Waals surface area contributed by atoms with E-state index in [1.807, 2.05) is 20.8 Å². The minimum absolute atomic E-state index is 0.00523. The Hall–Kier alpha value is -5.11. The van der Waals surface area contributed by atoms with Crippen molar-refractivity contribution in [3.63, 3.8) is 0 Å². The van der Waals surface area contributed by atoms with E-state index in [2.05, 4.69) is 54.4 Å². The number of aliphatic hydroxyl groups excluding tert-OH is 1. The van der Waals surface area contributed by atoms with E-state index in [1.165, 1.54) is 0 Å². The first-order valence-corrected chi connectivity index (χ1v) is 19.8. The maximum atomic E-state index is 11.8. The SMILES string of the molecule is C=CC(=O)OCCC(C)OC(=O)C=C.CC(C)(C)OC(=O)C1CC2C=CC1C2.O=C(O)C1CC2C=CC1C2.O=C(OCCO)C1CC2C=CC1C2.O=C1C=CC(=O)O1. The van der Waals surface area contributed by atoms with Crippen LogP contribution in [-0.2, 0) is 57.2 Å². The smallest absolute Gasteiger partial charge is 0.338 e. The van der Waals surface area contributed by atoms with Crippen LogP contribution in [0.25, 0.3) is 0 Å². The Morgan fingerprint density at radius 1 is 0.724 bits per heavy atom. The molecular weight excluding hydrogens is 752 g/mol. The number of aliphatic hydroxyl groups is 1. The van der Waals surface area contributed by atoms with E-state index < -0.39 is 29.8 Å². The summed E-state index contributed by atoms with van der Waals surface area (Å²) < 4.78 is 23.8. The minimum atomic E-state index is -0.614. The highest BCUT2D eigenvalue weighted by Gasteiger charge is 2.42. The number of carbonyl (C=O) groups excluding carboxylic acids is 6. The minimum Gasteiger partial charge on any atom is -0.481 e. The van der Waals surface area contributed by atoms with E-state index in [9.17, 15) is 33.6 Å². The van der Waals surface area contributed by atoms with Crippen molar-refractivity contribution in [2.75, 3.05) is 19.8 Å². The van der Waals surface area contributed by atoms with Gasteiger partial charge in [-0.1, -0.05) is 49.6 Å².